The lowest BCUT2D eigenvalue weighted by Crippen LogP contribution is -2.40. The number of rotatable bonds is 7. The standard InChI is InChI=1S/C22H27NO5/c1-4-5-12-27-21(25)18-17-10-11-22(28-17)13-23(20(24)19(18)22)14(2)15-6-8-16(26-3)9-7-15/h6-11,14,17-19H,4-5,12-13H2,1-3H3/t14?,17-,18?,19+,22-/m1/s1. The average molecular weight is 385 g/mol. The summed E-state index contributed by atoms with van der Waals surface area (Å²) in [5, 5.41) is 0. The van der Waals surface area contributed by atoms with E-state index < -0.39 is 17.4 Å². The lowest BCUT2D eigenvalue weighted by Gasteiger charge is -2.27. The van der Waals surface area contributed by atoms with Gasteiger partial charge in [0.2, 0.25) is 5.91 Å². The van der Waals surface area contributed by atoms with E-state index in [9.17, 15) is 9.59 Å². The van der Waals surface area contributed by atoms with Crippen LogP contribution in [0.25, 0.3) is 0 Å². The second-order valence-electron chi connectivity index (χ2n) is 7.84. The molecule has 2 fully saturated rings. The molecular formula is C22H27NO5. The zero-order valence-corrected chi connectivity index (χ0v) is 16.6. The third-order valence-electron chi connectivity index (χ3n) is 6.21. The van der Waals surface area contributed by atoms with E-state index >= 15 is 0 Å². The Morgan fingerprint density at radius 2 is 2.11 bits per heavy atom. The fraction of sp³-hybridized carbons (Fsp3) is 0.545. The molecule has 5 atom stereocenters. The Hall–Kier alpha value is -2.34. The third-order valence-corrected chi connectivity index (χ3v) is 6.21. The molecule has 2 bridgehead atoms. The van der Waals surface area contributed by atoms with Crippen LogP contribution < -0.4 is 4.74 Å². The maximum atomic E-state index is 13.3. The van der Waals surface area contributed by atoms with E-state index in [-0.39, 0.29) is 24.0 Å². The molecule has 0 saturated carbocycles. The van der Waals surface area contributed by atoms with Gasteiger partial charge in [-0.1, -0.05) is 37.6 Å². The van der Waals surface area contributed by atoms with E-state index in [0.29, 0.717) is 13.2 Å². The molecule has 0 radical (unpaired) electrons. The molecule has 0 aliphatic carbocycles. The molecule has 2 saturated heterocycles. The van der Waals surface area contributed by atoms with Gasteiger partial charge < -0.3 is 19.1 Å². The van der Waals surface area contributed by atoms with Gasteiger partial charge in [0.15, 0.2) is 0 Å². The van der Waals surface area contributed by atoms with E-state index in [4.69, 9.17) is 14.2 Å². The van der Waals surface area contributed by atoms with Crippen LogP contribution in [0.5, 0.6) is 5.75 Å². The Balaban J connectivity index is 1.54. The highest BCUT2D eigenvalue weighted by Gasteiger charge is 2.67. The molecular weight excluding hydrogens is 358 g/mol. The van der Waals surface area contributed by atoms with Gasteiger partial charge in [-0.25, -0.2) is 0 Å². The van der Waals surface area contributed by atoms with Crippen LogP contribution >= 0.6 is 0 Å². The van der Waals surface area contributed by atoms with E-state index in [1.54, 1.807) is 7.11 Å². The number of likely N-dealkylation sites (tertiary alicyclic amines) is 1. The third kappa shape index (κ3) is 2.91. The van der Waals surface area contributed by atoms with Gasteiger partial charge in [-0.2, -0.15) is 0 Å². The lowest BCUT2D eigenvalue weighted by atomic mass is 9.77. The van der Waals surface area contributed by atoms with Crippen molar-refractivity contribution in [1.29, 1.82) is 0 Å². The van der Waals surface area contributed by atoms with E-state index in [1.807, 2.05) is 55.2 Å². The zero-order chi connectivity index (χ0) is 19.9. The Bertz CT molecular complexity index is 789. The molecule has 3 heterocycles. The summed E-state index contributed by atoms with van der Waals surface area (Å²) in [6.07, 6.45) is 5.30. The largest absolute Gasteiger partial charge is 0.497 e. The van der Waals surface area contributed by atoms with Gasteiger partial charge in [0.05, 0.1) is 38.3 Å². The predicted octanol–water partition coefficient (Wildman–Crippen LogP) is 2.88. The minimum atomic E-state index is -0.711. The Morgan fingerprint density at radius 1 is 1.36 bits per heavy atom. The molecule has 0 N–H and O–H groups in total. The van der Waals surface area contributed by atoms with Gasteiger partial charge in [-0.15, -0.1) is 0 Å². The summed E-state index contributed by atoms with van der Waals surface area (Å²) < 4.78 is 16.8. The van der Waals surface area contributed by atoms with Crippen LogP contribution in [0.4, 0.5) is 0 Å². The molecule has 4 rings (SSSR count). The highest BCUT2D eigenvalue weighted by atomic mass is 16.6. The summed E-state index contributed by atoms with van der Waals surface area (Å²) in [6.45, 7) is 4.89. The summed E-state index contributed by atoms with van der Waals surface area (Å²) in [7, 11) is 1.63. The lowest BCUT2D eigenvalue weighted by molar-refractivity contribution is -0.154. The molecule has 6 nitrogen and oxygen atoms in total. The van der Waals surface area contributed by atoms with Gasteiger partial charge in [-0.3, -0.25) is 9.59 Å². The maximum absolute atomic E-state index is 13.3. The first kappa shape index (κ1) is 19.0. The first-order valence-corrected chi connectivity index (χ1v) is 9.99. The van der Waals surface area contributed by atoms with Crippen LogP contribution in [0.2, 0.25) is 0 Å². The molecule has 1 aromatic carbocycles. The number of fused-ring (bicyclic) bond motifs is 1. The summed E-state index contributed by atoms with van der Waals surface area (Å²) in [6, 6.07) is 7.59. The molecule has 28 heavy (non-hydrogen) atoms. The Labute approximate surface area is 165 Å². The second kappa shape index (κ2) is 7.24. The number of carbonyl (C=O) groups is 2. The van der Waals surface area contributed by atoms with Crippen LogP contribution in [-0.4, -0.2) is 48.7 Å². The minimum absolute atomic E-state index is 0.0346. The summed E-state index contributed by atoms with van der Waals surface area (Å²) in [5.41, 5.74) is 0.308. The SMILES string of the molecule is CCCCOC(=O)C1[C@H]2C(=O)N(C(C)c3ccc(OC)cc3)C[C@]23C=C[C@H]1O3. The molecule has 2 unspecified atom stereocenters. The first-order chi connectivity index (χ1) is 13.5. The van der Waals surface area contributed by atoms with E-state index in [1.165, 1.54) is 0 Å². The highest BCUT2D eigenvalue weighted by Crippen LogP contribution is 2.53. The fourth-order valence-corrected chi connectivity index (χ4v) is 4.60. The van der Waals surface area contributed by atoms with Crippen molar-refractivity contribution in [3.63, 3.8) is 0 Å². The van der Waals surface area contributed by atoms with Crippen molar-refractivity contribution in [3.8, 4) is 5.75 Å². The van der Waals surface area contributed by atoms with Crippen molar-refractivity contribution in [2.75, 3.05) is 20.3 Å². The summed E-state index contributed by atoms with van der Waals surface area (Å²) >= 11 is 0. The number of benzene rings is 1. The number of hydrogen-bond acceptors (Lipinski definition) is 5. The Kier molecular flexibility index (Phi) is 4.91. The van der Waals surface area contributed by atoms with Crippen molar-refractivity contribution >= 4 is 11.9 Å². The predicted molar refractivity (Wildman–Crippen MR) is 103 cm³/mol. The summed E-state index contributed by atoms with van der Waals surface area (Å²) in [5.74, 6) is -0.631. The number of esters is 1. The van der Waals surface area contributed by atoms with Crippen molar-refractivity contribution in [3.05, 3.63) is 42.0 Å². The topological polar surface area (TPSA) is 65.1 Å². The normalized spacial score (nSPS) is 31.2. The van der Waals surface area contributed by atoms with Crippen molar-refractivity contribution in [2.24, 2.45) is 11.8 Å². The van der Waals surface area contributed by atoms with Gasteiger partial charge in [0.25, 0.3) is 0 Å². The fourth-order valence-electron chi connectivity index (χ4n) is 4.60. The number of nitrogens with zero attached hydrogens (tertiary/aromatic N) is 1. The monoisotopic (exact) mass is 385 g/mol. The quantitative estimate of drug-likeness (QED) is 0.410. The average Bonchev–Trinajstić information content (AvgIpc) is 3.36. The van der Waals surface area contributed by atoms with E-state index in [2.05, 4.69) is 0 Å². The van der Waals surface area contributed by atoms with Gasteiger partial charge in [0, 0.05) is 0 Å². The van der Waals surface area contributed by atoms with Crippen LogP contribution in [0.1, 0.15) is 38.3 Å². The molecule has 1 amide bonds. The number of hydrogen-bond donors (Lipinski definition) is 0. The molecule has 1 spiro atoms. The minimum Gasteiger partial charge on any atom is -0.497 e. The van der Waals surface area contributed by atoms with Crippen LogP contribution in [0, 0.1) is 11.8 Å². The number of amides is 1. The van der Waals surface area contributed by atoms with E-state index in [0.717, 1.165) is 24.2 Å². The number of methoxy groups -OCH3 is 1. The van der Waals surface area contributed by atoms with Crippen molar-refractivity contribution in [2.45, 2.75) is 44.4 Å². The molecule has 3 aliphatic heterocycles. The van der Waals surface area contributed by atoms with Gasteiger partial charge >= 0.3 is 5.97 Å². The zero-order valence-electron chi connectivity index (χ0n) is 16.6. The Morgan fingerprint density at radius 3 is 2.79 bits per heavy atom. The van der Waals surface area contributed by atoms with Gasteiger partial charge in [0.1, 0.15) is 17.3 Å². The highest BCUT2D eigenvalue weighted by molar-refractivity contribution is 5.91. The number of carbonyl (C=O) groups excluding carboxylic acids is 2. The molecule has 0 aromatic heterocycles. The second-order valence-corrected chi connectivity index (χ2v) is 7.84. The van der Waals surface area contributed by atoms with Crippen LogP contribution in [-0.2, 0) is 19.1 Å². The number of unbranched alkanes of at least 4 members (excludes halogenated alkanes) is 1. The van der Waals surface area contributed by atoms with Crippen molar-refractivity contribution < 1.29 is 23.8 Å². The van der Waals surface area contributed by atoms with Crippen LogP contribution in [0.3, 0.4) is 0 Å². The molecule has 150 valence electrons. The van der Waals surface area contributed by atoms with Crippen LogP contribution in [0.15, 0.2) is 36.4 Å². The summed E-state index contributed by atoms with van der Waals surface area (Å²) in [4.78, 5) is 27.8. The smallest absolute Gasteiger partial charge is 0.312 e. The van der Waals surface area contributed by atoms with Crippen molar-refractivity contribution in [1.82, 2.24) is 4.90 Å². The first-order valence-electron chi connectivity index (χ1n) is 9.99. The molecule has 1 aromatic rings. The van der Waals surface area contributed by atoms with Gasteiger partial charge in [-0.05, 0) is 31.0 Å². The maximum Gasteiger partial charge on any atom is 0.312 e. The molecule has 6 heteroatoms. The number of ether oxygens (including phenoxy) is 3. The molecule has 3 aliphatic rings.